The van der Waals surface area contributed by atoms with E-state index in [4.69, 9.17) is 4.42 Å². The fourth-order valence-corrected chi connectivity index (χ4v) is 7.89. The maximum absolute atomic E-state index is 6.34. The molecule has 2 nitrogen and oxygen atoms in total. The van der Waals surface area contributed by atoms with Gasteiger partial charge in [0.15, 0.2) is 0 Å². The molecule has 0 atom stereocenters. The zero-order chi connectivity index (χ0) is 35.8. The highest BCUT2D eigenvalue weighted by Crippen LogP contribution is 2.45. The Morgan fingerprint density at radius 2 is 0.852 bits per heavy atom. The van der Waals surface area contributed by atoms with Crippen molar-refractivity contribution in [2.75, 3.05) is 4.90 Å². The second-order valence-electron chi connectivity index (χ2n) is 13.7. The Kier molecular flexibility index (Phi) is 7.85. The van der Waals surface area contributed by atoms with Crippen molar-refractivity contribution in [3.8, 4) is 44.5 Å². The van der Waals surface area contributed by atoms with Crippen molar-refractivity contribution in [2.45, 2.75) is 0 Å². The normalized spacial score (nSPS) is 11.3. The van der Waals surface area contributed by atoms with Gasteiger partial charge in [0.25, 0.3) is 0 Å². The third kappa shape index (κ3) is 5.62. The van der Waals surface area contributed by atoms with Crippen LogP contribution in [0.2, 0.25) is 0 Å². The molecule has 1 aromatic heterocycles. The molecule has 0 saturated heterocycles. The van der Waals surface area contributed by atoms with Gasteiger partial charge >= 0.3 is 0 Å². The van der Waals surface area contributed by atoms with E-state index in [9.17, 15) is 0 Å². The van der Waals surface area contributed by atoms with Crippen LogP contribution in [0.3, 0.4) is 0 Å². The molecule has 0 aliphatic carbocycles. The monoisotopic (exact) mass is 689 g/mol. The molecule has 0 amide bonds. The third-order valence-corrected chi connectivity index (χ3v) is 10.5. The number of hydrogen-bond donors (Lipinski definition) is 0. The number of anilines is 3. The zero-order valence-corrected chi connectivity index (χ0v) is 29.6. The maximum Gasteiger partial charge on any atom is 0.136 e. The van der Waals surface area contributed by atoms with Crippen LogP contribution in [-0.4, -0.2) is 0 Å². The SMILES string of the molecule is c1ccc(-c2ccc(N(c3ccc(-c4ccccc4-c4ccc5ccccc5c4)cc3)c3ccccc3-c3cccc4oc5ccccc5c34)cc2)cc1. The van der Waals surface area contributed by atoms with Crippen LogP contribution in [0.5, 0.6) is 0 Å². The van der Waals surface area contributed by atoms with Gasteiger partial charge in [0.2, 0.25) is 0 Å². The predicted octanol–water partition coefficient (Wildman–Crippen LogP) is 14.9. The summed E-state index contributed by atoms with van der Waals surface area (Å²) in [5.74, 6) is 0. The molecule has 0 bridgehead atoms. The Morgan fingerprint density at radius 1 is 0.315 bits per heavy atom. The summed E-state index contributed by atoms with van der Waals surface area (Å²) >= 11 is 0. The average molecular weight is 690 g/mol. The second kappa shape index (κ2) is 13.4. The van der Waals surface area contributed by atoms with E-state index in [1.165, 1.54) is 44.2 Å². The van der Waals surface area contributed by atoms with Gasteiger partial charge in [-0.1, -0.05) is 164 Å². The van der Waals surface area contributed by atoms with Gasteiger partial charge in [0.1, 0.15) is 11.2 Å². The maximum atomic E-state index is 6.34. The van der Waals surface area contributed by atoms with Gasteiger partial charge in [-0.25, -0.2) is 0 Å². The van der Waals surface area contributed by atoms with E-state index in [1.54, 1.807) is 0 Å². The molecule has 9 aromatic carbocycles. The Morgan fingerprint density at radius 3 is 1.63 bits per heavy atom. The minimum atomic E-state index is 0.886. The first-order valence-electron chi connectivity index (χ1n) is 18.4. The van der Waals surface area contributed by atoms with Crippen LogP contribution in [0.4, 0.5) is 17.1 Å². The van der Waals surface area contributed by atoms with Crippen molar-refractivity contribution >= 4 is 49.8 Å². The van der Waals surface area contributed by atoms with Gasteiger partial charge in [-0.15, -0.1) is 0 Å². The number of benzene rings is 9. The van der Waals surface area contributed by atoms with E-state index in [0.717, 1.165) is 50.1 Å². The summed E-state index contributed by atoms with van der Waals surface area (Å²) in [4.78, 5) is 2.38. The highest BCUT2D eigenvalue weighted by Gasteiger charge is 2.21. The van der Waals surface area contributed by atoms with Crippen LogP contribution in [0.15, 0.2) is 217 Å². The van der Waals surface area contributed by atoms with Gasteiger partial charge in [0, 0.05) is 27.7 Å². The van der Waals surface area contributed by atoms with Crippen molar-refractivity contribution in [1.82, 2.24) is 0 Å². The average Bonchev–Trinajstić information content (AvgIpc) is 3.64. The summed E-state index contributed by atoms with van der Waals surface area (Å²) in [6.07, 6.45) is 0. The summed E-state index contributed by atoms with van der Waals surface area (Å²) in [5, 5.41) is 4.73. The smallest absolute Gasteiger partial charge is 0.136 e. The number of nitrogens with zero attached hydrogens (tertiary/aromatic N) is 1. The zero-order valence-electron chi connectivity index (χ0n) is 29.6. The molecule has 0 unspecified atom stereocenters. The Bertz CT molecular complexity index is 2920. The minimum absolute atomic E-state index is 0.886. The fraction of sp³-hybridized carbons (Fsp3) is 0. The first-order chi connectivity index (χ1) is 26.8. The lowest BCUT2D eigenvalue weighted by atomic mass is 9.93. The Balaban J connectivity index is 1.11. The third-order valence-electron chi connectivity index (χ3n) is 10.5. The van der Waals surface area contributed by atoms with Crippen LogP contribution < -0.4 is 4.90 Å². The van der Waals surface area contributed by atoms with Gasteiger partial charge in [-0.3, -0.25) is 0 Å². The molecular weight excluding hydrogens is 655 g/mol. The van der Waals surface area contributed by atoms with E-state index in [0.29, 0.717) is 0 Å². The minimum Gasteiger partial charge on any atom is -0.456 e. The topological polar surface area (TPSA) is 16.4 Å². The summed E-state index contributed by atoms with van der Waals surface area (Å²) in [7, 11) is 0. The van der Waals surface area contributed by atoms with Gasteiger partial charge < -0.3 is 9.32 Å². The van der Waals surface area contributed by atoms with E-state index in [1.807, 2.05) is 12.1 Å². The molecular formula is C52H35NO. The number of rotatable bonds is 7. The van der Waals surface area contributed by atoms with Crippen molar-refractivity contribution < 1.29 is 4.42 Å². The molecule has 10 rings (SSSR count). The molecule has 54 heavy (non-hydrogen) atoms. The van der Waals surface area contributed by atoms with E-state index in [-0.39, 0.29) is 0 Å². The van der Waals surface area contributed by atoms with Crippen molar-refractivity contribution in [3.05, 3.63) is 212 Å². The first kappa shape index (κ1) is 31.6. The van der Waals surface area contributed by atoms with Crippen molar-refractivity contribution in [2.24, 2.45) is 0 Å². The summed E-state index contributed by atoms with van der Waals surface area (Å²) < 4.78 is 6.34. The lowest BCUT2D eigenvalue weighted by Crippen LogP contribution is -2.11. The molecule has 2 heteroatoms. The van der Waals surface area contributed by atoms with E-state index in [2.05, 4.69) is 205 Å². The van der Waals surface area contributed by atoms with Crippen LogP contribution in [0, 0.1) is 0 Å². The van der Waals surface area contributed by atoms with Crippen LogP contribution in [-0.2, 0) is 0 Å². The molecule has 0 fully saturated rings. The van der Waals surface area contributed by atoms with E-state index < -0.39 is 0 Å². The summed E-state index contributed by atoms with van der Waals surface area (Å²) in [5.41, 5.74) is 14.5. The Hall–Kier alpha value is -7.16. The first-order valence-corrected chi connectivity index (χ1v) is 18.4. The Labute approximate surface area is 314 Å². The molecule has 1 heterocycles. The summed E-state index contributed by atoms with van der Waals surface area (Å²) in [6.45, 7) is 0. The highest BCUT2D eigenvalue weighted by molar-refractivity contribution is 6.14. The number of furan rings is 1. The number of hydrogen-bond acceptors (Lipinski definition) is 2. The molecule has 10 aromatic rings. The largest absolute Gasteiger partial charge is 0.456 e. The van der Waals surface area contributed by atoms with Gasteiger partial charge in [0.05, 0.1) is 5.69 Å². The van der Waals surface area contributed by atoms with Crippen molar-refractivity contribution in [1.29, 1.82) is 0 Å². The molecule has 0 aliphatic rings. The predicted molar refractivity (Wildman–Crippen MR) is 228 cm³/mol. The standard InChI is InChI=1S/C52H35NO/c1-2-13-36(14-3-1)38-27-31-42(32-28-38)53(49-22-10-8-19-46(49)47-21-12-24-51-52(47)48-20-9-11-23-50(48)54-51)43-33-29-39(30-34-43)44-17-6-7-18-45(44)41-26-25-37-15-4-5-16-40(37)35-41/h1-35H. The van der Waals surface area contributed by atoms with Crippen molar-refractivity contribution in [3.63, 3.8) is 0 Å². The van der Waals surface area contributed by atoms with E-state index >= 15 is 0 Å². The summed E-state index contributed by atoms with van der Waals surface area (Å²) in [6, 6.07) is 75.9. The molecule has 0 radical (unpaired) electrons. The molecule has 0 aliphatic heterocycles. The fourth-order valence-electron chi connectivity index (χ4n) is 7.89. The second-order valence-corrected chi connectivity index (χ2v) is 13.7. The van der Waals surface area contributed by atoms with Crippen LogP contribution in [0.1, 0.15) is 0 Å². The molecule has 0 spiro atoms. The van der Waals surface area contributed by atoms with Crippen LogP contribution in [0.25, 0.3) is 77.2 Å². The molecule has 254 valence electrons. The van der Waals surface area contributed by atoms with Gasteiger partial charge in [-0.05, 0) is 98.2 Å². The number of para-hydroxylation sites is 2. The quantitative estimate of drug-likeness (QED) is 0.166. The molecule has 0 N–H and O–H groups in total. The van der Waals surface area contributed by atoms with Crippen LogP contribution >= 0.6 is 0 Å². The highest BCUT2D eigenvalue weighted by atomic mass is 16.3. The molecule has 0 saturated carbocycles. The lowest BCUT2D eigenvalue weighted by Gasteiger charge is -2.28. The van der Waals surface area contributed by atoms with Gasteiger partial charge in [-0.2, -0.15) is 0 Å². The number of fused-ring (bicyclic) bond motifs is 4. The lowest BCUT2D eigenvalue weighted by molar-refractivity contribution is 0.669.